The van der Waals surface area contributed by atoms with Gasteiger partial charge < -0.3 is 20.1 Å². The molecule has 0 amide bonds. The minimum absolute atomic E-state index is 0.0814. The molecular formula is C20H32O6. The zero-order valence-corrected chi connectivity index (χ0v) is 15.1. The first-order valence-corrected chi connectivity index (χ1v) is 9.03. The predicted molar refractivity (Wildman–Crippen MR) is 98.5 cm³/mol. The number of carbonyl (C=O) groups is 2. The second-order valence-electron chi connectivity index (χ2n) is 6.37. The number of aliphatic carboxylic acids is 1. The van der Waals surface area contributed by atoms with Gasteiger partial charge in [-0.1, -0.05) is 44.4 Å². The number of aliphatic hydroxyl groups excluding tert-OH is 2. The molecule has 1 rings (SSSR count). The summed E-state index contributed by atoms with van der Waals surface area (Å²) in [6, 6.07) is 0. The molecule has 0 spiro atoms. The Hall–Kier alpha value is -1.66. The third-order valence-corrected chi connectivity index (χ3v) is 4.14. The van der Waals surface area contributed by atoms with Crippen molar-refractivity contribution >= 4 is 11.9 Å². The number of allylic oxidation sites excluding steroid dienone is 2. The second-order valence-corrected chi connectivity index (χ2v) is 6.37. The summed E-state index contributed by atoms with van der Waals surface area (Å²) in [6.07, 6.45) is -0.0841. The fourth-order valence-electron chi connectivity index (χ4n) is 2.71. The fraction of sp³-hybridized carbons (Fsp3) is 0.700. The number of unbranched alkanes of at least 4 members (excludes halogenated alkanes) is 2. The van der Waals surface area contributed by atoms with E-state index in [1.807, 2.05) is 0 Å². The predicted octanol–water partition coefficient (Wildman–Crippen LogP) is 2.98. The maximum atomic E-state index is 11.7. The molecule has 0 saturated carbocycles. The van der Waals surface area contributed by atoms with Crippen molar-refractivity contribution in [3.8, 4) is 0 Å². The molecule has 0 aromatic heterocycles. The van der Waals surface area contributed by atoms with E-state index in [0.29, 0.717) is 6.42 Å². The minimum Gasteiger partial charge on any atom is -0.481 e. The van der Waals surface area contributed by atoms with Crippen LogP contribution in [-0.2, 0) is 14.3 Å². The van der Waals surface area contributed by atoms with Gasteiger partial charge in [0.25, 0.3) is 0 Å². The highest BCUT2D eigenvalue weighted by atomic mass is 16.5. The van der Waals surface area contributed by atoms with Gasteiger partial charge in [0, 0.05) is 17.8 Å². The lowest BCUT2D eigenvalue weighted by atomic mass is 9.87. The highest BCUT2D eigenvalue weighted by Gasteiger charge is 2.35. The summed E-state index contributed by atoms with van der Waals surface area (Å²) in [5.41, 5.74) is 0. The summed E-state index contributed by atoms with van der Waals surface area (Å²) >= 11 is 0. The van der Waals surface area contributed by atoms with E-state index < -0.39 is 55.3 Å². The Balaban J connectivity index is 2.83. The zero-order valence-electron chi connectivity index (χ0n) is 19.1. The maximum Gasteiger partial charge on any atom is 0.309 e. The lowest BCUT2D eigenvalue weighted by Crippen LogP contribution is -2.41. The average molecular weight is 372 g/mol. The summed E-state index contributed by atoms with van der Waals surface area (Å²) in [7, 11) is 0. The van der Waals surface area contributed by atoms with Crippen LogP contribution in [0.1, 0.15) is 70.1 Å². The zero-order chi connectivity index (χ0) is 22.9. The van der Waals surface area contributed by atoms with E-state index in [1.165, 1.54) is 18.2 Å². The molecule has 6 heteroatoms. The average Bonchev–Trinajstić information content (AvgIpc) is 2.60. The van der Waals surface area contributed by atoms with Crippen molar-refractivity contribution in [1.82, 2.24) is 0 Å². The number of rotatable bonds is 12. The Bertz CT molecular complexity index is 635. The molecular weight excluding hydrogens is 336 g/mol. The van der Waals surface area contributed by atoms with Gasteiger partial charge in [-0.2, -0.15) is 0 Å². The molecule has 4 atom stereocenters. The lowest BCUT2D eigenvalue weighted by molar-refractivity contribution is -0.163. The molecule has 1 heterocycles. The number of cyclic esters (lactones) is 1. The molecule has 148 valence electrons. The second kappa shape index (κ2) is 12.7. The lowest BCUT2D eigenvalue weighted by Gasteiger charge is -2.32. The summed E-state index contributed by atoms with van der Waals surface area (Å²) in [5.74, 6) is -2.63. The molecule has 0 aliphatic carbocycles. The molecule has 0 bridgehead atoms. The van der Waals surface area contributed by atoms with Gasteiger partial charge >= 0.3 is 11.9 Å². The first-order chi connectivity index (χ1) is 13.9. The van der Waals surface area contributed by atoms with Crippen molar-refractivity contribution in [3.63, 3.8) is 0 Å². The van der Waals surface area contributed by atoms with Crippen LogP contribution in [0.5, 0.6) is 0 Å². The van der Waals surface area contributed by atoms with Gasteiger partial charge in [0.1, 0.15) is 6.10 Å². The van der Waals surface area contributed by atoms with E-state index in [9.17, 15) is 19.8 Å². The highest BCUT2D eigenvalue weighted by molar-refractivity contribution is 5.71. The Morgan fingerprint density at radius 1 is 1.42 bits per heavy atom. The molecule has 0 unspecified atom stereocenters. The highest BCUT2D eigenvalue weighted by Crippen LogP contribution is 2.27. The van der Waals surface area contributed by atoms with Gasteiger partial charge in [0.05, 0.1) is 18.6 Å². The van der Waals surface area contributed by atoms with E-state index in [-0.39, 0.29) is 12.8 Å². The van der Waals surface area contributed by atoms with Crippen molar-refractivity contribution in [2.75, 3.05) is 0 Å². The fourth-order valence-corrected chi connectivity index (χ4v) is 2.71. The topological polar surface area (TPSA) is 104 Å². The van der Waals surface area contributed by atoms with E-state index in [2.05, 4.69) is 6.92 Å². The first kappa shape index (κ1) is 16.5. The molecule has 1 aliphatic heterocycles. The molecule has 1 saturated heterocycles. The normalized spacial score (nSPS) is 28.3. The molecule has 0 aromatic carbocycles. The molecule has 0 aromatic rings. The van der Waals surface area contributed by atoms with Crippen LogP contribution in [0.25, 0.3) is 0 Å². The number of aliphatic hydroxyl groups is 2. The summed E-state index contributed by atoms with van der Waals surface area (Å²) in [6.45, 7) is 2.05. The van der Waals surface area contributed by atoms with Gasteiger partial charge in [-0.3, -0.25) is 9.59 Å². The quantitative estimate of drug-likeness (QED) is 0.276. The monoisotopic (exact) mass is 372 g/mol. The van der Waals surface area contributed by atoms with Crippen LogP contribution >= 0.6 is 0 Å². The smallest absolute Gasteiger partial charge is 0.309 e. The number of esters is 1. The molecule has 6 nitrogen and oxygen atoms in total. The Kier molecular flexibility index (Phi) is 8.03. The van der Waals surface area contributed by atoms with E-state index in [0.717, 1.165) is 25.3 Å². The van der Waals surface area contributed by atoms with Crippen LogP contribution in [0.15, 0.2) is 24.3 Å². The summed E-state index contributed by atoms with van der Waals surface area (Å²) in [4.78, 5) is 22.5. The number of carbonyl (C=O) groups excluding carboxylic acids is 1. The van der Waals surface area contributed by atoms with Crippen LogP contribution in [0.4, 0.5) is 0 Å². The Labute approximate surface area is 161 Å². The third-order valence-electron chi connectivity index (χ3n) is 4.14. The maximum absolute atomic E-state index is 11.7. The van der Waals surface area contributed by atoms with Crippen LogP contribution in [0.2, 0.25) is 0 Å². The van der Waals surface area contributed by atoms with Crippen LogP contribution in [0.3, 0.4) is 0 Å². The molecule has 0 radical (unpaired) electrons. The number of ether oxygens (including phenoxy) is 1. The van der Waals surface area contributed by atoms with Crippen molar-refractivity contribution in [2.45, 2.75) is 82.9 Å². The Morgan fingerprint density at radius 2 is 2.19 bits per heavy atom. The summed E-state index contributed by atoms with van der Waals surface area (Å²) in [5, 5.41) is 29.1. The number of hydrogen-bond donors (Lipinski definition) is 3. The molecule has 26 heavy (non-hydrogen) atoms. The van der Waals surface area contributed by atoms with Crippen molar-refractivity contribution < 1.29 is 35.1 Å². The van der Waals surface area contributed by atoms with Gasteiger partial charge in [-0.25, -0.2) is 0 Å². The third kappa shape index (κ3) is 9.15. The largest absolute Gasteiger partial charge is 0.481 e. The van der Waals surface area contributed by atoms with Gasteiger partial charge in [0.15, 0.2) is 0 Å². The number of hydrogen-bond acceptors (Lipinski definition) is 5. The van der Waals surface area contributed by atoms with Crippen molar-refractivity contribution in [2.24, 2.45) is 5.92 Å². The SMILES string of the molecule is [2H]C([2H])(/C=C\C[C@H]1[C@@H](O)CC(=O)O[C@@H]1/C=C/[C@H](O)CCCCC)C([2H])([2H])CC(=O)O. The Morgan fingerprint density at radius 3 is 2.88 bits per heavy atom. The summed E-state index contributed by atoms with van der Waals surface area (Å²) < 4.78 is 36.3. The van der Waals surface area contributed by atoms with E-state index >= 15 is 0 Å². The minimum atomic E-state index is -2.62. The van der Waals surface area contributed by atoms with Crippen LogP contribution in [-0.4, -0.2) is 45.6 Å². The van der Waals surface area contributed by atoms with Crippen LogP contribution in [0, 0.1) is 5.92 Å². The van der Waals surface area contributed by atoms with Gasteiger partial charge in [-0.15, -0.1) is 0 Å². The van der Waals surface area contributed by atoms with E-state index in [4.69, 9.17) is 15.3 Å². The van der Waals surface area contributed by atoms with Crippen LogP contribution < -0.4 is 0 Å². The molecule has 1 fully saturated rings. The number of carboxylic acids is 1. The number of carboxylic acid groups (broad SMARTS) is 1. The molecule has 1 aliphatic rings. The first-order valence-electron chi connectivity index (χ1n) is 11.0. The van der Waals surface area contributed by atoms with Crippen molar-refractivity contribution in [3.05, 3.63) is 24.3 Å². The molecule has 3 N–H and O–H groups in total. The standard InChI is InChI=1S/C20H32O6/c1-2-3-6-9-15(21)12-13-18-16(17(22)14-20(25)26-18)10-7-4-5-8-11-19(23)24/h4,7,12-13,15-18,21-22H,2-3,5-6,8-11,14H2,1H3,(H,23,24)/b7-4-,13-12+/t15-,16+,17+,18-/m1/s1/i5D2,8D2. The van der Waals surface area contributed by atoms with E-state index in [1.54, 1.807) is 0 Å². The van der Waals surface area contributed by atoms with Gasteiger partial charge in [-0.05, 0) is 31.7 Å². The van der Waals surface area contributed by atoms with Crippen molar-refractivity contribution in [1.29, 1.82) is 0 Å². The van der Waals surface area contributed by atoms with Gasteiger partial charge in [0.2, 0.25) is 0 Å².